The summed E-state index contributed by atoms with van der Waals surface area (Å²) < 4.78 is 29.8. The van der Waals surface area contributed by atoms with Gasteiger partial charge in [0.05, 0.1) is 5.75 Å². The molecule has 1 N–H and O–H groups in total. The minimum Gasteiger partial charge on any atom is -0.345 e. The molecule has 5 nitrogen and oxygen atoms in total. The van der Waals surface area contributed by atoms with Crippen LogP contribution in [0.3, 0.4) is 0 Å². The van der Waals surface area contributed by atoms with Gasteiger partial charge in [-0.05, 0) is 6.42 Å². The Balaban J connectivity index is 0. The first kappa shape index (κ1) is 24.9. The predicted molar refractivity (Wildman–Crippen MR) is 91.7 cm³/mol. The molecular weight excluding hydrogens is 330 g/mol. The Morgan fingerprint density at radius 3 is 1.86 bits per heavy atom. The number of rotatable bonds is 13. The van der Waals surface area contributed by atoms with E-state index in [2.05, 4.69) is 6.92 Å². The maximum atomic E-state index is 11.7. The van der Waals surface area contributed by atoms with Gasteiger partial charge in [-0.15, -0.1) is 0 Å². The molecule has 0 aliphatic heterocycles. The van der Waals surface area contributed by atoms with Gasteiger partial charge in [0.2, 0.25) is 5.91 Å². The number of carbonyl (C=O) groups excluding carboxylic acids is 1. The summed E-state index contributed by atoms with van der Waals surface area (Å²) in [5.74, 6) is -0.450. The number of unbranched alkanes of at least 4 members (excludes halogenated alkanes) is 8. The molecule has 1 amide bonds. The van der Waals surface area contributed by atoms with E-state index in [0.717, 1.165) is 19.3 Å². The predicted octanol–water partition coefficient (Wildman–Crippen LogP) is 2.87. The smallest absolute Gasteiger partial charge is 0.266 e. The molecule has 0 aliphatic carbocycles. The largest absolute Gasteiger partial charge is 0.345 e. The minimum atomic E-state index is -3.99. The van der Waals surface area contributed by atoms with E-state index in [-0.39, 0.29) is 50.2 Å². The Bertz CT molecular complexity index is 374. The Morgan fingerprint density at radius 1 is 0.955 bits per heavy atom. The van der Waals surface area contributed by atoms with Gasteiger partial charge in [0.25, 0.3) is 10.1 Å². The Kier molecular flexibility index (Phi) is 17.2. The van der Waals surface area contributed by atoms with Crippen LogP contribution in [0.1, 0.15) is 71.1 Å². The van der Waals surface area contributed by atoms with Gasteiger partial charge in [-0.25, -0.2) is 0 Å². The third kappa shape index (κ3) is 17.0. The summed E-state index contributed by atoms with van der Waals surface area (Å²) in [5, 5.41) is 0. The van der Waals surface area contributed by atoms with E-state index in [0.29, 0.717) is 6.42 Å². The van der Waals surface area contributed by atoms with Crippen LogP contribution in [0.25, 0.3) is 0 Å². The van der Waals surface area contributed by atoms with Crippen LogP contribution in [-0.4, -0.2) is 80.9 Å². The summed E-state index contributed by atoms with van der Waals surface area (Å²) in [5.41, 5.74) is 0. The molecule has 0 heterocycles. The molecule has 0 bridgehead atoms. The normalized spacial score (nSPS) is 11.0. The standard InChI is InChI=1S/C15H31NO4S.Ca/c1-3-4-5-6-7-8-9-10-11-12-15(17)16(2)13-14-21(18,19)20;/h3-14H2,1-2H3,(H,18,19,20);. The number of amides is 1. The summed E-state index contributed by atoms with van der Waals surface area (Å²) in [4.78, 5) is 13.1. The van der Waals surface area contributed by atoms with E-state index in [4.69, 9.17) is 4.55 Å². The van der Waals surface area contributed by atoms with E-state index in [1.54, 1.807) is 7.05 Å². The molecule has 0 aliphatic rings. The van der Waals surface area contributed by atoms with Gasteiger partial charge in [0, 0.05) is 57.8 Å². The zero-order valence-electron chi connectivity index (χ0n) is 14.2. The average molecular weight is 362 g/mol. The monoisotopic (exact) mass is 361 g/mol. The van der Waals surface area contributed by atoms with Crippen LogP contribution in [0.2, 0.25) is 0 Å². The molecule has 0 spiro atoms. The molecule has 0 fully saturated rings. The van der Waals surface area contributed by atoms with Crippen molar-refractivity contribution in [3.8, 4) is 0 Å². The van der Waals surface area contributed by atoms with Crippen LogP contribution in [0.5, 0.6) is 0 Å². The Hall–Kier alpha value is 0.640. The molecule has 0 aromatic heterocycles. The summed E-state index contributed by atoms with van der Waals surface area (Å²) in [7, 11) is -2.42. The van der Waals surface area contributed by atoms with Gasteiger partial charge in [0.15, 0.2) is 0 Å². The topological polar surface area (TPSA) is 74.7 Å². The number of hydrogen-bond donors (Lipinski definition) is 1. The van der Waals surface area contributed by atoms with Crippen molar-refractivity contribution in [2.75, 3.05) is 19.3 Å². The molecule has 0 saturated carbocycles. The molecular formula is C15H31CaNO4S. The summed E-state index contributed by atoms with van der Waals surface area (Å²) in [6, 6.07) is 0. The second-order valence-corrected chi connectivity index (χ2v) is 7.25. The van der Waals surface area contributed by atoms with Gasteiger partial charge in [0.1, 0.15) is 0 Å². The minimum absolute atomic E-state index is 0. The van der Waals surface area contributed by atoms with Crippen molar-refractivity contribution >= 4 is 53.8 Å². The van der Waals surface area contributed by atoms with Crippen molar-refractivity contribution in [2.45, 2.75) is 71.1 Å². The van der Waals surface area contributed by atoms with Crippen LogP contribution in [0, 0.1) is 0 Å². The van der Waals surface area contributed by atoms with Crippen LogP contribution >= 0.6 is 0 Å². The third-order valence-corrected chi connectivity index (χ3v) is 4.30. The molecule has 0 aromatic carbocycles. The van der Waals surface area contributed by atoms with Crippen molar-refractivity contribution in [3.63, 3.8) is 0 Å². The fraction of sp³-hybridized carbons (Fsp3) is 0.933. The molecule has 0 aromatic rings. The van der Waals surface area contributed by atoms with E-state index in [9.17, 15) is 13.2 Å². The SMILES string of the molecule is CCCCCCCCCCCC(=O)N(C)CCS(=O)(=O)O.[Ca]. The summed E-state index contributed by atoms with van der Waals surface area (Å²) in [6.45, 7) is 2.26. The molecule has 128 valence electrons. The molecule has 0 unspecified atom stereocenters. The first-order valence-electron chi connectivity index (χ1n) is 8.06. The molecule has 22 heavy (non-hydrogen) atoms. The zero-order valence-corrected chi connectivity index (χ0v) is 17.2. The van der Waals surface area contributed by atoms with Crippen LogP contribution in [0.15, 0.2) is 0 Å². The Labute approximate surface area is 166 Å². The van der Waals surface area contributed by atoms with E-state index in [1.807, 2.05) is 0 Å². The van der Waals surface area contributed by atoms with E-state index < -0.39 is 15.9 Å². The molecule has 0 atom stereocenters. The zero-order chi connectivity index (χ0) is 16.1. The van der Waals surface area contributed by atoms with Crippen molar-refractivity contribution in [1.29, 1.82) is 0 Å². The number of nitrogens with zero attached hydrogens (tertiary/aromatic N) is 1. The van der Waals surface area contributed by atoms with E-state index >= 15 is 0 Å². The molecule has 0 saturated heterocycles. The van der Waals surface area contributed by atoms with Crippen molar-refractivity contribution in [1.82, 2.24) is 4.90 Å². The molecule has 0 rings (SSSR count). The van der Waals surface area contributed by atoms with Crippen molar-refractivity contribution < 1.29 is 17.8 Å². The van der Waals surface area contributed by atoms with Crippen molar-refractivity contribution in [3.05, 3.63) is 0 Å². The first-order chi connectivity index (χ1) is 9.87. The van der Waals surface area contributed by atoms with Gasteiger partial charge >= 0.3 is 0 Å². The van der Waals surface area contributed by atoms with Gasteiger partial charge in [-0.1, -0.05) is 58.3 Å². The first-order valence-corrected chi connectivity index (χ1v) is 9.67. The second kappa shape index (κ2) is 15.2. The summed E-state index contributed by atoms with van der Waals surface area (Å²) in [6.07, 6.45) is 11.3. The maximum absolute atomic E-state index is 11.7. The molecule has 7 heteroatoms. The number of hydrogen-bond acceptors (Lipinski definition) is 3. The Morgan fingerprint density at radius 2 is 1.41 bits per heavy atom. The average Bonchev–Trinajstić information content (AvgIpc) is 2.41. The van der Waals surface area contributed by atoms with Gasteiger partial charge in [-0.2, -0.15) is 8.42 Å². The third-order valence-electron chi connectivity index (χ3n) is 3.60. The summed E-state index contributed by atoms with van der Waals surface area (Å²) >= 11 is 0. The van der Waals surface area contributed by atoms with Gasteiger partial charge in [-0.3, -0.25) is 9.35 Å². The fourth-order valence-electron chi connectivity index (χ4n) is 2.15. The van der Waals surface area contributed by atoms with Gasteiger partial charge < -0.3 is 4.90 Å². The quantitative estimate of drug-likeness (QED) is 0.311. The number of carbonyl (C=O) groups is 1. The van der Waals surface area contributed by atoms with Crippen LogP contribution < -0.4 is 0 Å². The van der Waals surface area contributed by atoms with Crippen molar-refractivity contribution in [2.24, 2.45) is 0 Å². The van der Waals surface area contributed by atoms with Crippen LogP contribution in [-0.2, 0) is 14.9 Å². The van der Waals surface area contributed by atoms with Crippen LogP contribution in [0.4, 0.5) is 0 Å². The fourth-order valence-corrected chi connectivity index (χ4v) is 2.66. The van der Waals surface area contributed by atoms with E-state index in [1.165, 1.54) is 43.4 Å². The maximum Gasteiger partial charge on any atom is 0.266 e. The second-order valence-electron chi connectivity index (χ2n) is 5.68. The molecule has 2 radical (unpaired) electrons.